The number of aromatic nitrogens is 1. The van der Waals surface area contributed by atoms with Crippen LogP contribution in [0.3, 0.4) is 0 Å². The summed E-state index contributed by atoms with van der Waals surface area (Å²) < 4.78 is 5.25. The number of hydrazone groups is 1. The van der Waals surface area contributed by atoms with Gasteiger partial charge in [-0.25, -0.2) is 5.01 Å². The van der Waals surface area contributed by atoms with Crippen molar-refractivity contribution in [2.24, 2.45) is 5.10 Å². The third-order valence-electron chi connectivity index (χ3n) is 3.47. The van der Waals surface area contributed by atoms with Crippen LogP contribution in [0.15, 0.2) is 53.8 Å². The summed E-state index contributed by atoms with van der Waals surface area (Å²) in [7, 11) is 0. The minimum absolute atomic E-state index is 0.0395. The van der Waals surface area contributed by atoms with Gasteiger partial charge in [-0.3, -0.25) is 4.79 Å². The smallest absolute Gasteiger partial charge is 0.406 e. The number of pyridine rings is 1. The molecule has 0 unspecified atom stereocenters. The fraction of sp³-hybridized carbons (Fsp3) is 0.188. The fourth-order valence-corrected chi connectivity index (χ4v) is 2.32. The molecule has 2 aromatic rings. The minimum atomic E-state index is -0.651. The summed E-state index contributed by atoms with van der Waals surface area (Å²) in [5.41, 5.74) is 1.80. The van der Waals surface area contributed by atoms with Gasteiger partial charge in [0.15, 0.2) is 6.61 Å². The monoisotopic (exact) mass is 326 g/mol. The Labute approximate surface area is 137 Å². The number of nitro groups is 1. The summed E-state index contributed by atoms with van der Waals surface area (Å²) >= 11 is 0. The summed E-state index contributed by atoms with van der Waals surface area (Å²) in [6, 6.07) is 12.5. The second-order valence-electron chi connectivity index (χ2n) is 5.05. The molecule has 1 aliphatic heterocycles. The topological polar surface area (TPSA) is 97.9 Å². The molecule has 0 bridgehead atoms. The number of amides is 1. The number of ether oxygens (including phenoxy) is 1. The third kappa shape index (κ3) is 3.37. The second kappa shape index (κ2) is 6.86. The maximum Gasteiger partial charge on any atom is 0.406 e. The Morgan fingerprint density at radius 3 is 2.79 bits per heavy atom. The summed E-state index contributed by atoms with van der Waals surface area (Å²) in [6.07, 6.45) is 1.95. The first-order valence-electron chi connectivity index (χ1n) is 7.30. The molecule has 1 aromatic carbocycles. The van der Waals surface area contributed by atoms with Crippen LogP contribution in [0, 0.1) is 10.1 Å². The van der Waals surface area contributed by atoms with Gasteiger partial charge in [0.25, 0.3) is 5.91 Å². The SMILES string of the molecule is O=C(COc1cccnc1[N+](=O)[O-])N1CCC(c2ccccc2)=N1. The van der Waals surface area contributed by atoms with E-state index in [1.807, 2.05) is 30.3 Å². The maximum atomic E-state index is 12.2. The highest BCUT2D eigenvalue weighted by atomic mass is 16.6. The van der Waals surface area contributed by atoms with Gasteiger partial charge < -0.3 is 14.9 Å². The number of carbonyl (C=O) groups excluding carboxylic acids is 1. The van der Waals surface area contributed by atoms with Crippen LogP contribution in [-0.2, 0) is 4.79 Å². The van der Waals surface area contributed by atoms with Crippen molar-refractivity contribution in [2.45, 2.75) is 6.42 Å². The Kier molecular flexibility index (Phi) is 4.46. The van der Waals surface area contributed by atoms with E-state index in [4.69, 9.17) is 4.74 Å². The summed E-state index contributed by atoms with van der Waals surface area (Å²) in [4.78, 5) is 26.0. The summed E-state index contributed by atoms with van der Waals surface area (Å²) in [5, 5.41) is 16.5. The standard InChI is InChI=1S/C16H14N4O4/c21-15(11-24-14-7-4-9-17-16(14)20(22)23)19-10-8-13(18-19)12-5-2-1-3-6-12/h1-7,9H,8,10-11H2. The van der Waals surface area contributed by atoms with Crippen molar-refractivity contribution in [3.8, 4) is 5.75 Å². The molecule has 122 valence electrons. The lowest BCUT2D eigenvalue weighted by atomic mass is 10.1. The first kappa shape index (κ1) is 15.6. The molecule has 0 radical (unpaired) electrons. The van der Waals surface area contributed by atoms with Crippen molar-refractivity contribution >= 4 is 17.4 Å². The lowest BCUT2D eigenvalue weighted by Gasteiger charge is -2.12. The van der Waals surface area contributed by atoms with Gasteiger partial charge in [0.05, 0.1) is 12.3 Å². The van der Waals surface area contributed by atoms with Gasteiger partial charge in [-0.1, -0.05) is 30.3 Å². The molecule has 3 rings (SSSR count). The fourth-order valence-electron chi connectivity index (χ4n) is 2.32. The molecule has 0 atom stereocenters. The number of hydrogen-bond donors (Lipinski definition) is 0. The molecule has 8 nitrogen and oxygen atoms in total. The van der Waals surface area contributed by atoms with E-state index in [1.54, 1.807) is 0 Å². The highest BCUT2D eigenvalue weighted by Gasteiger charge is 2.23. The lowest BCUT2D eigenvalue weighted by Crippen LogP contribution is -2.29. The highest BCUT2D eigenvalue weighted by Crippen LogP contribution is 2.23. The molecule has 8 heteroatoms. The van der Waals surface area contributed by atoms with Crippen LogP contribution in [0.1, 0.15) is 12.0 Å². The molecule has 1 amide bonds. The molecular weight excluding hydrogens is 312 g/mol. The molecule has 0 saturated heterocycles. The number of nitrogens with zero attached hydrogens (tertiary/aromatic N) is 4. The number of carbonyl (C=O) groups is 1. The Morgan fingerprint density at radius 1 is 1.25 bits per heavy atom. The van der Waals surface area contributed by atoms with E-state index in [1.165, 1.54) is 23.3 Å². The first-order chi connectivity index (χ1) is 11.6. The van der Waals surface area contributed by atoms with E-state index < -0.39 is 10.7 Å². The molecule has 1 aliphatic rings. The van der Waals surface area contributed by atoms with Gasteiger partial charge in [0.1, 0.15) is 6.20 Å². The molecule has 0 fully saturated rings. The molecule has 1 aromatic heterocycles. The van der Waals surface area contributed by atoms with Crippen LogP contribution in [0.2, 0.25) is 0 Å². The van der Waals surface area contributed by atoms with E-state index in [0.717, 1.165) is 11.3 Å². The zero-order valence-electron chi connectivity index (χ0n) is 12.7. The van der Waals surface area contributed by atoms with Crippen molar-refractivity contribution in [1.82, 2.24) is 9.99 Å². The largest absolute Gasteiger partial charge is 0.475 e. The quantitative estimate of drug-likeness (QED) is 0.618. The zero-order chi connectivity index (χ0) is 16.9. The molecular formula is C16H14N4O4. The summed E-state index contributed by atoms with van der Waals surface area (Å²) in [6.45, 7) is 0.125. The highest BCUT2D eigenvalue weighted by molar-refractivity contribution is 6.02. The van der Waals surface area contributed by atoms with Crippen molar-refractivity contribution in [1.29, 1.82) is 0 Å². The van der Waals surface area contributed by atoms with Gasteiger partial charge in [-0.15, -0.1) is 0 Å². The first-order valence-corrected chi connectivity index (χ1v) is 7.30. The van der Waals surface area contributed by atoms with Crippen molar-refractivity contribution < 1.29 is 14.5 Å². The lowest BCUT2D eigenvalue weighted by molar-refractivity contribution is -0.390. The van der Waals surface area contributed by atoms with E-state index in [2.05, 4.69) is 10.1 Å². The molecule has 2 heterocycles. The van der Waals surface area contributed by atoms with Crippen molar-refractivity contribution in [3.63, 3.8) is 0 Å². The normalized spacial score (nSPS) is 13.5. The molecule has 0 aliphatic carbocycles. The predicted molar refractivity (Wildman–Crippen MR) is 85.7 cm³/mol. The number of hydrogen-bond acceptors (Lipinski definition) is 6. The van der Waals surface area contributed by atoms with Crippen LogP contribution >= 0.6 is 0 Å². The Hall–Kier alpha value is -3.29. The van der Waals surface area contributed by atoms with Gasteiger partial charge >= 0.3 is 5.82 Å². The van der Waals surface area contributed by atoms with E-state index in [0.29, 0.717) is 13.0 Å². The van der Waals surface area contributed by atoms with E-state index in [9.17, 15) is 14.9 Å². The van der Waals surface area contributed by atoms with Crippen molar-refractivity contribution in [3.05, 3.63) is 64.3 Å². The molecule has 0 saturated carbocycles. The average molecular weight is 326 g/mol. The van der Waals surface area contributed by atoms with Crippen LogP contribution in [-0.4, -0.2) is 39.7 Å². The molecule has 24 heavy (non-hydrogen) atoms. The maximum absolute atomic E-state index is 12.2. The van der Waals surface area contributed by atoms with Gasteiger partial charge in [0.2, 0.25) is 5.75 Å². The summed E-state index contributed by atoms with van der Waals surface area (Å²) in [5.74, 6) is -0.818. The minimum Gasteiger partial charge on any atom is -0.475 e. The van der Waals surface area contributed by atoms with E-state index >= 15 is 0 Å². The predicted octanol–water partition coefficient (Wildman–Crippen LogP) is 2.01. The Bertz CT molecular complexity index is 792. The Balaban J connectivity index is 1.65. The van der Waals surface area contributed by atoms with Crippen molar-refractivity contribution in [2.75, 3.05) is 13.2 Å². The van der Waals surface area contributed by atoms with Gasteiger partial charge in [-0.2, -0.15) is 5.10 Å². The zero-order valence-corrected chi connectivity index (χ0v) is 12.7. The Morgan fingerprint density at radius 2 is 2.04 bits per heavy atom. The van der Waals surface area contributed by atoms with Gasteiger partial charge in [0, 0.05) is 6.42 Å². The van der Waals surface area contributed by atoms with Gasteiger partial charge in [-0.05, 0) is 27.6 Å². The molecule has 0 N–H and O–H groups in total. The van der Waals surface area contributed by atoms with Crippen LogP contribution in [0.25, 0.3) is 0 Å². The number of rotatable bonds is 5. The molecule has 0 spiro atoms. The third-order valence-corrected chi connectivity index (χ3v) is 3.47. The average Bonchev–Trinajstić information content (AvgIpc) is 3.11. The van der Waals surface area contributed by atoms with Crippen LogP contribution in [0.5, 0.6) is 5.75 Å². The van der Waals surface area contributed by atoms with Crippen LogP contribution < -0.4 is 4.74 Å². The van der Waals surface area contributed by atoms with Crippen LogP contribution in [0.4, 0.5) is 5.82 Å². The van der Waals surface area contributed by atoms with E-state index in [-0.39, 0.29) is 18.3 Å². The second-order valence-corrected chi connectivity index (χ2v) is 5.05. The number of benzene rings is 1.